The number of fused-ring (bicyclic) bond motifs is 1. The topological polar surface area (TPSA) is 216 Å². The van der Waals surface area contributed by atoms with Crippen LogP contribution in [0.4, 0.5) is 40.6 Å². The maximum absolute atomic E-state index is 13.4. The van der Waals surface area contributed by atoms with Gasteiger partial charge < -0.3 is 35.2 Å². The minimum absolute atomic E-state index is 0.0491. The van der Waals surface area contributed by atoms with Crippen molar-refractivity contribution in [3.63, 3.8) is 0 Å². The van der Waals surface area contributed by atoms with Gasteiger partial charge in [-0.2, -0.15) is 18.3 Å². The summed E-state index contributed by atoms with van der Waals surface area (Å²) in [6, 6.07) is 43.3. The van der Waals surface area contributed by atoms with Gasteiger partial charge in [0.15, 0.2) is 15.7 Å². The average Bonchev–Trinajstić information content (AvgIpc) is 1.62. The largest absolute Gasteiger partial charge is 0.497 e. The fraction of sp³-hybridized carbons (Fsp3) is 0.229. The third-order valence-electron chi connectivity index (χ3n) is 15.9. The van der Waals surface area contributed by atoms with Gasteiger partial charge in [0, 0.05) is 85.5 Å². The molecule has 12 rings (SSSR count). The number of alkyl halides is 3. The molecule has 2 aliphatic rings. The van der Waals surface area contributed by atoms with E-state index in [1.807, 2.05) is 111 Å². The van der Waals surface area contributed by atoms with Crippen LogP contribution in [0.2, 0.25) is 10.0 Å². The van der Waals surface area contributed by atoms with Crippen LogP contribution in [0.15, 0.2) is 181 Å². The van der Waals surface area contributed by atoms with Gasteiger partial charge in [0.05, 0.1) is 74.2 Å². The molecule has 6 aromatic carbocycles. The summed E-state index contributed by atoms with van der Waals surface area (Å²) < 4.78 is 89.2. The molecule has 95 heavy (non-hydrogen) atoms. The zero-order chi connectivity index (χ0) is 67.7. The summed E-state index contributed by atoms with van der Waals surface area (Å²) >= 11 is 12.3. The van der Waals surface area contributed by atoms with Crippen LogP contribution >= 0.6 is 23.2 Å². The van der Waals surface area contributed by atoms with Crippen LogP contribution in [0.3, 0.4) is 0 Å². The van der Waals surface area contributed by atoms with Crippen LogP contribution in [0.5, 0.6) is 5.75 Å². The number of ether oxygens (including phenoxy) is 2. The van der Waals surface area contributed by atoms with E-state index in [0.29, 0.717) is 71.0 Å². The maximum Gasteiger partial charge on any atom is 0.417 e. The van der Waals surface area contributed by atoms with Crippen LogP contribution in [-0.2, 0) is 27.8 Å². The molecule has 3 N–H and O–H groups in total. The number of hydrogen-bond donors (Lipinski definition) is 3. The van der Waals surface area contributed by atoms with Crippen LogP contribution in [-0.4, -0.2) is 114 Å². The molecule has 2 unspecified atom stereocenters. The van der Waals surface area contributed by atoms with Gasteiger partial charge in [-0.05, 0) is 153 Å². The molecular weight excluding hydrogens is 1290 g/mol. The minimum atomic E-state index is -4.83. The molecule has 0 radical (unpaired) electrons. The molecule has 10 aromatic rings. The number of amides is 3. The van der Waals surface area contributed by atoms with Crippen molar-refractivity contribution in [2.24, 2.45) is 7.05 Å². The number of rotatable bonds is 13. The van der Waals surface area contributed by atoms with Crippen molar-refractivity contribution < 1.29 is 49.8 Å². The number of nitrogens with one attached hydrogen (secondary N) is 3. The molecule has 2 atom stereocenters. The average molecular weight is 1350 g/mol. The number of sulfone groups is 1. The summed E-state index contributed by atoms with van der Waals surface area (Å²) in [6.07, 6.45) is 2.65. The number of anilines is 4. The van der Waals surface area contributed by atoms with Crippen LogP contribution in [0.1, 0.15) is 68.9 Å². The SMILES string of the molecule is COc1ccc(-c2cccc(C(=O)Nc3ccc(N4CC(C)OC(C)C4)nc3)c2C)cc1.CS(=O)(=O)c1ccc(C(=O)Nc2ccc(Cl)c(-c3ccccn3)c2)c(Cl)c1.Cn1nccc1-c1nnc(N2CCC(NC(=O)c3ccc(F)cc3C(F)(F)F)CC2)c2ccccc12. The van der Waals surface area contributed by atoms with E-state index in [1.165, 1.54) is 18.2 Å². The third-order valence-corrected chi connectivity index (χ3v) is 17.7. The molecule has 0 aliphatic carbocycles. The van der Waals surface area contributed by atoms with Gasteiger partial charge in [-0.3, -0.25) is 24.0 Å². The summed E-state index contributed by atoms with van der Waals surface area (Å²) in [5.41, 5.74) is 6.00. The first kappa shape index (κ1) is 68.1. The molecule has 4 aromatic heterocycles. The van der Waals surface area contributed by atoms with Crippen molar-refractivity contribution in [3.05, 3.63) is 220 Å². The normalized spacial score (nSPS) is 15.0. The van der Waals surface area contributed by atoms with E-state index in [9.17, 15) is 40.4 Å². The number of methoxy groups -OCH3 is 1. The number of aromatic nitrogens is 6. The quantitative estimate of drug-likeness (QED) is 0.0916. The lowest BCUT2D eigenvalue weighted by Gasteiger charge is -2.36. The lowest BCUT2D eigenvalue weighted by Crippen LogP contribution is -2.45. The highest BCUT2D eigenvalue weighted by Crippen LogP contribution is 2.36. The zero-order valence-electron chi connectivity index (χ0n) is 52.3. The summed E-state index contributed by atoms with van der Waals surface area (Å²) in [4.78, 5) is 51.3. The standard InChI is InChI=1S/C26H29N3O3.C25H22F4N6O.C19H14Cl2N2O3S/c1-17-15-29(16-18(2)32-17)25-13-10-21(14-27-25)28-26(30)24-7-5-6-23(19(24)3)20-8-11-22(31-4)12-9-20;1-34-21(8-11-30-34)22-17-4-2-3-5-18(17)23(33-32-22)35-12-9-16(10-13-35)31-24(36)19-7-6-15(26)14-20(19)25(27,28)29;1-27(25,26)13-6-7-14(17(21)11-13)19(24)23-12-5-8-16(20)15(10-12)18-4-2-3-9-22-18/h5-14,17-18H,15-16H2,1-4H3,(H,28,30);2-8,11,14,16H,9-10,12-13H2,1H3,(H,31,36);2-11H,1H3,(H,23,24). The summed E-state index contributed by atoms with van der Waals surface area (Å²) in [6.45, 7) is 8.78. The fourth-order valence-electron chi connectivity index (χ4n) is 11.2. The maximum atomic E-state index is 13.4. The Morgan fingerprint density at radius 3 is 2.00 bits per heavy atom. The molecule has 2 saturated heterocycles. The molecule has 0 bridgehead atoms. The first-order chi connectivity index (χ1) is 45.4. The molecule has 18 nitrogen and oxygen atoms in total. The first-order valence-electron chi connectivity index (χ1n) is 30.0. The highest BCUT2D eigenvalue weighted by molar-refractivity contribution is 7.90. The number of carbonyl (C=O) groups excluding carboxylic acids is 3. The predicted octanol–water partition coefficient (Wildman–Crippen LogP) is 14.2. The van der Waals surface area contributed by atoms with Crippen molar-refractivity contribution >= 4 is 84.5 Å². The smallest absolute Gasteiger partial charge is 0.417 e. The van der Waals surface area contributed by atoms with Crippen molar-refractivity contribution in [3.8, 4) is 39.5 Å². The number of piperidine rings is 1. The van der Waals surface area contributed by atoms with Crippen LogP contribution in [0.25, 0.3) is 44.5 Å². The molecule has 2 fully saturated rings. The Kier molecular flexibility index (Phi) is 21.2. The van der Waals surface area contributed by atoms with E-state index in [-0.39, 0.29) is 39.6 Å². The molecular formula is C70H65Cl2F4N11O7S. The Morgan fingerprint density at radius 2 is 1.36 bits per heavy atom. The molecule has 0 saturated carbocycles. The third kappa shape index (κ3) is 16.6. The van der Waals surface area contributed by atoms with Gasteiger partial charge in [0.1, 0.15) is 23.1 Å². The van der Waals surface area contributed by atoms with E-state index < -0.39 is 44.8 Å². The first-order valence-corrected chi connectivity index (χ1v) is 32.7. The predicted molar refractivity (Wildman–Crippen MR) is 361 cm³/mol. The van der Waals surface area contributed by atoms with Gasteiger partial charge in [-0.25, -0.2) is 17.8 Å². The Morgan fingerprint density at radius 1 is 0.674 bits per heavy atom. The highest BCUT2D eigenvalue weighted by atomic mass is 35.5. The highest BCUT2D eigenvalue weighted by Gasteiger charge is 2.37. The van der Waals surface area contributed by atoms with E-state index in [1.54, 1.807) is 54.6 Å². The van der Waals surface area contributed by atoms with Crippen molar-refractivity contribution in [1.82, 2.24) is 35.3 Å². The second-order valence-electron chi connectivity index (χ2n) is 22.7. The van der Waals surface area contributed by atoms with Gasteiger partial charge >= 0.3 is 6.18 Å². The number of morpholine rings is 1. The summed E-state index contributed by atoms with van der Waals surface area (Å²) in [7, 11) is 0.0777. The second kappa shape index (κ2) is 29.6. The molecule has 3 amide bonds. The van der Waals surface area contributed by atoms with Gasteiger partial charge in [-0.15, -0.1) is 10.2 Å². The number of pyridine rings is 2. The van der Waals surface area contributed by atoms with Crippen molar-refractivity contribution in [2.75, 3.05) is 60.0 Å². The number of aryl methyl sites for hydroxylation is 1. The zero-order valence-corrected chi connectivity index (χ0v) is 54.7. The Hall–Kier alpha value is -9.81. The summed E-state index contributed by atoms with van der Waals surface area (Å²) in [5, 5.41) is 24.0. The van der Waals surface area contributed by atoms with Gasteiger partial charge in [0.25, 0.3) is 17.7 Å². The number of halogens is 6. The number of nitrogens with zero attached hydrogens (tertiary/aromatic N) is 8. The van der Waals surface area contributed by atoms with Crippen LogP contribution in [0, 0.1) is 12.7 Å². The Balaban J connectivity index is 0.000000157. The van der Waals surface area contributed by atoms with E-state index in [2.05, 4.69) is 64.9 Å². The number of carbonyl (C=O) groups is 3. The number of benzene rings is 6. The van der Waals surface area contributed by atoms with Gasteiger partial charge in [-0.1, -0.05) is 77.8 Å². The number of hydrogen-bond acceptors (Lipinski definition) is 14. The second-order valence-corrected chi connectivity index (χ2v) is 25.5. The van der Waals surface area contributed by atoms with Crippen LogP contribution < -0.4 is 30.5 Å². The minimum Gasteiger partial charge on any atom is -0.497 e. The fourth-order valence-corrected chi connectivity index (χ4v) is 12.4. The van der Waals surface area contributed by atoms with E-state index >= 15 is 0 Å². The van der Waals surface area contributed by atoms with Crippen molar-refractivity contribution in [1.29, 1.82) is 0 Å². The molecule has 0 spiro atoms. The molecule has 2 aliphatic heterocycles. The monoisotopic (exact) mass is 1350 g/mol. The molecule has 6 heterocycles. The lowest BCUT2D eigenvalue weighted by molar-refractivity contribution is -0.138. The lowest BCUT2D eigenvalue weighted by atomic mass is 9.96. The summed E-state index contributed by atoms with van der Waals surface area (Å²) in [5.74, 6) is -0.129. The van der Waals surface area contributed by atoms with E-state index in [4.69, 9.17) is 32.7 Å². The van der Waals surface area contributed by atoms with Crippen molar-refractivity contribution in [2.45, 2.75) is 62.9 Å². The van der Waals surface area contributed by atoms with E-state index in [0.717, 1.165) is 81.9 Å². The Labute approximate surface area is 556 Å². The van der Waals surface area contributed by atoms with Gasteiger partial charge in [0.2, 0.25) is 0 Å². The Bertz CT molecular complexity index is 4530. The molecule has 490 valence electrons. The molecule has 25 heteroatoms.